The first-order valence-electron chi connectivity index (χ1n) is 4.85. The number of aromatic nitrogens is 1. The predicted molar refractivity (Wildman–Crippen MR) is 63.5 cm³/mol. The number of carboxylic acid groups (broad SMARTS) is 1. The Hall–Kier alpha value is -1.63. The summed E-state index contributed by atoms with van der Waals surface area (Å²) in [5, 5.41) is 8.66. The molecule has 0 saturated heterocycles. The molecule has 0 spiro atoms. The molecular weight excluding hydrogens is 244 g/mol. The molecule has 0 unspecified atom stereocenters. The molecule has 6 nitrogen and oxygen atoms in total. The van der Waals surface area contributed by atoms with Crippen LogP contribution in [0.3, 0.4) is 0 Å². The molecule has 0 aliphatic carbocycles. The Labute approximate surface area is 99.7 Å². The molecule has 0 fully saturated rings. The van der Waals surface area contributed by atoms with Crippen molar-refractivity contribution in [1.82, 2.24) is 4.98 Å². The van der Waals surface area contributed by atoms with E-state index in [0.29, 0.717) is 0 Å². The number of nitrogens with zero attached hydrogens (tertiary/aromatic N) is 1. The fourth-order valence-electron chi connectivity index (χ4n) is 0.872. The SMILES string of the molecule is CC(C)(C)S(=O)(=O)Nc1ccc(C(=O)O)cn1. The van der Waals surface area contributed by atoms with Crippen LogP contribution in [-0.2, 0) is 10.0 Å². The molecule has 1 aromatic rings. The van der Waals surface area contributed by atoms with Crippen molar-refractivity contribution in [2.75, 3.05) is 4.72 Å². The summed E-state index contributed by atoms with van der Waals surface area (Å²) in [5.41, 5.74) is 0.00343. The van der Waals surface area contributed by atoms with Crippen LogP contribution in [0.5, 0.6) is 0 Å². The van der Waals surface area contributed by atoms with E-state index in [1.807, 2.05) is 0 Å². The van der Waals surface area contributed by atoms with Gasteiger partial charge in [-0.25, -0.2) is 18.2 Å². The zero-order chi connectivity index (χ0) is 13.3. The minimum atomic E-state index is -3.54. The first-order chi connectivity index (χ1) is 7.63. The quantitative estimate of drug-likeness (QED) is 0.852. The number of sulfonamides is 1. The van der Waals surface area contributed by atoms with Gasteiger partial charge in [0.1, 0.15) is 5.82 Å². The Morgan fingerprint density at radius 2 is 1.94 bits per heavy atom. The molecule has 1 rings (SSSR count). The lowest BCUT2D eigenvalue weighted by Crippen LogP contribution is -2.33. The minimum Gasteiger partial charge on any atom is -0.478 e. The van der Waals surface area contributed by atoms with Gasteiger partial charge in [0.25, 0.3) is 0 Å². The lowest BCUT2D eigenvalue weighted by atomic mass is 10.3. The Balaban J connectivity index is 2.95. The molecule has 94 valence electrons. The van der Waals surface area contributed by atoms with Gasteiger partial charge in [0, 0.05) is 6.20 Å². The second-order valence-corrected chi connectivity index (χ2v) is 6.89. The molecule has 7 heteroatoms. The van der Waals surface area contributed by atoms with Crippen LogP contribution in [0.2, 0.25) is 0 Å². The number of rotatable bonds is 3. The van der Waals surface area contributed by atoms with Crippen LogP contribution in [0.4, 0.5) is 5.82 Å². The number of pyridine rings is 1. The molecule has 0 aliphatic rings. The summed E-state index contributed by atoms with van der Waals surface area (Å²) in [5.74, 6) is -1.01. The molecule has 0 aromatic carbocycles. The van der Waals surface area contributed by atoms with E-state index in [2.05, 4.69) is 9.71 Å². The number of anilines is 1. The molecule has 0 amide bonds. The van der Waals surface area contributed by atoms with Crippen LogP contribution >= 0.6 is 0 Å². The topological polar surface area (TPSA) is 96.4 Å². The maximum atomic E-state index is 11.8. The van der Waals surface area contributed by atoms with Gasteiger partial charge in [-0.2, -0.15) is 0 Å². The average Bonchev–Trinajstić information content (AvgIpc) is 2.16. The number of carbonyl (C=O) groups is 1. The van der Waals surface area contributed by atoms with E-state index in [9.17, 15) is 13.2 Å². The van der Waals surface area contributed by atoms with E-state index in [1.165, 1.54) is 12.1 Å². The van der Waals surface area contributed by atoms with Crippen molar-refractivity contribution in [3.8, 4) is 0 Å². The molecule has 0 atom stereocenters. The molecule has 0 aliphatic heterocycles. The van der Waals surface area contributed by atoms with Crippen LogP contribution in [0.15, 0.2) is 18.3 Å². The highest BCUT2D eigenvalue weighted by molar-refractivity contribution is 7.94. The second kappa shape index (κ2) is 4.33. The maximum absolute atomic E-state index is 11.8. The second-order valence-electron chi connectivity index (χ2n) is 4.46. The van der Waals surface area contributed by atoms with E-state index < -0.39 is 20.7 Å². The highest BCUT2D eigenvalue weighted by atomic mass is 32.2. The predicted octanol–water partition coefficient (Wildman–Crippen LogP) is 1.32. The Morgan fingerprint density at radius 3 is 2.29 bits per heavy atom. The van der Waals surface area contributed by atoms with E-state index in [-0.39, 0.29) is 11.4 Å². The van der Waals surface area contributed by atoms with Crippen molar-refractivity contribution in [3.63, 3.8) is 0 Å². The minimum absolute atomic E-state index is 0.00343. The fraction of sp³-hybridized carbons (Fsp3) is 0.400. The third-order valence-electron chi connectivity index (χ3n) is 2.06. The zero-order valence-electron chi connectivity index (χ0n) is 9.76. The van der Waals surface area contributed by atoms with Crippen molar-refractivity contribution in [2.45, 2.75) is 25.5 Å². The molecule has 0 bridgehead atoms. The molecule has 1 heterocycles. The van der Waals surface area contributed by atoms with Crippen LogP contribution in [0.25, 0.3) is 0 Å². The number of carboxylic acids is 1. The normalized spacial score (nSPS) is 12.2. The van der Waals surface area contributed by atoms with Crippen LogP contribution in [0.1, 0.15) is 31.1 Å². The first kappa shape index (κ1) is 13.4. The number of aromatic carboxylic acids is 1. The smallest absolute Gasteiger partial charge is 0.337 e. The monoisotopic (exact) mass is 258 g/mol. The molecular formula is C10H14N2O4S. The Morgan fingerprint density at radius 1 is 1.35 bits per heavy atom. The van der Waals surface area contributed by atoms with Crippen LogP contribution < -0.4 is 4.72 Å². The van der Waals surface area contributed by atoms with E-state index in [0.717, 1.165) is 6.20 Å². The Bertz CT molecular complexity index is 514. The van der Waals surface area contributed by atoms with Crippen molar-refractivity contribution < 1.29 is 18.3 Å². The van der Waals surface area contributed by atoms with Gasteiger partial charge in [0.2, 0.25) is 10.0 Å². The summed E-state index contributed by atoms with van der Waals surface area (Å²) in [6, 6.07) is 2.60. The Kier molecular flexibility index (Phi) is 3.42. The van der Waals surface area contributed by atoms with Gasteiger partial charge in [0.05, 0.1) is 10.3 Å². The highest BCUT2D eigenvalue weighted by Gasteiger charge is 2.29. The lowest BCUT2D eigenvalue weighted by Gasteiger charge is -2.19. The number of nitrogens with one attached hydrogen (secondary N) is 1. The van der Waals surface area contributed by atoms with Crippen LogP contribution in [-0.4, -0.2) is 29.2 Å². The van der Waals surface area contributed by atoms with Gasteiger partial charge < -0.3 is 5.11 Å². The lowest BCUT2D eigenvalue weighted by molar-refractivity contribution is 0.0696. The third kappa shape index (κ3) is 3.16. The van der Waals surface area contributed by atoms with Gasteiger partial charge in [-0.1, -0.05) is 0 Å². The summed E-state index contributed by atoms with van der Waals surface area (Å²) in [4.78, 5) is 14.3. The van der Waals surface area contributed by atoms with E-state index >= 15 is 0 Å². The van der Waals surface area contributed by atoms with Gasteiger partial charge >= 0.3 is 5.97 Å². The molecule has 2 N–H and O–H groups in total. The van der Waals surface area contributed by atoms with Crippen molar-refractivity contribution in [1.29, 1.82) is 0 Å². The van der Waals surface area contributed by atoms with Crippen molar-refractivity contribution >= 4 is 21.8 Å². The molecule has 1 aromatic heterocycles. The largest absolute Gasteiger partial charge is 0.478 e. The first-order valence-corrected chi connectivity index (χ1v) is 6.33. The summed E-state index contributed by atoms with van der Waals surface area (Å²) >= 11 is 0. The van der Waals surface area contributed by atoms with Gasteiger partial charge in [-0.05, 0) is 32.9 Å². The molecule has 0 saturated carbocycles. The van der Waals surface area contributed by atoms with E-state index in [4.69, 9.17) is 5.11 Å². The van der Waals surface area contributed by atoms with Gasteiger partial charge in [-0.15, -0.1) is 0 Å². The summed E-state index contributed by atoms with van der Waals surface area (Å²) in [6.45, 7) is 4.67. The maximum Gasteiger partial charge on any atom is 0.337 e. The highest BCUT2D eigenvalue weighted by Crippen LogP contribution is 2.18. The average molecular weight is 258 g/mol. The van der Waals surface area contributed by atoms with E-state index in [1.54, 1.807) is 20.8 Å². The fourth-order valence-corrected chi connectivity index (χ4v) is 1.57. The van der Waals surface area contributed by atoms with Gasteiger partial charge in [-0.3, -0.25) is 4.72 Å². The van der Waals surface area contributed by atoms with Crippen LogP contribution in [0, 0.1) is 0 Å². The number of hydrogen-bond donors (Lipinski definition) is 2. The third-order valence-corrected chi connectivity index (χ3v) is 4.15. The number of hydrogen-bond acceptors (Lipinski definition) is 4. The molecule has 0 radical (unpaired) electrons. The van der Waals surface area contributed by atoms with Crippen molar-refractivity contribution in [3.05, 3.63) is 23.9 Å². The summed E-state index contributed by atoms with van der Waals surface area (Å²) in [7, 11) is -3.54. The summed E-state index contributed by atoms with van der Waals surface area (Å²) < 4.78 is 24.9. The van der Waals surface area contributed by atoms with Gasteiger partial charge in [0.15, 0.2) is 0 Å². The standard InChI is InChI=1S/C10H14N2O4S/c1-10(2,3)17(15,16)12-8-5-4-7(6-11-8)9(13)14/h4-6H,1-3H3,(H,11,12)(H,13,14). The zero-order valence-corrected chi connectivity index (χ0v) is 10.6. The van der Waals surface area contributed by atoms with Crippen molar-refractivity contribution in [2.24, 2.45) is 0 Å². The molecule has 17 heavy (non-hydrogen) atoms. The summed E-state index contributed by atoms with van der Waals surface area (Å²) in [6.07, 6.45) is 1.10.